The molecule has 192 valence electrons. The third-order valence-electron chi connectivity index (χ3n) is 6.70. The Kier molecular flexibility index (Phi) is 27.5. The third kappa shape index (κ3) is 26.4. The van der Waals surface area contributed by atoms with Crippen LogP contribution in [0.1, 0.15) is 174 Å². The Labute approximate surface area is 215 Å². The van der Waals surface area contributed by atoms with Crippen LogP contribution in [-0.4, -0.2) is 14.4 Å². The maximum atomic E-state index is 11.2. The zero-order valence-corrected chi connectivity index (χ0v) is 23.7. The maximum absolute atomic E-state index is 11.2. The van der Waals surface area contributed by atoms with Crippen molar-refractivity contribution < 1.29 is 10.0 Å². The summed E-state index contributed by atoms with van der Waals surface area (Å²) in [6.07, 6.45) is 35.2. The van der Waals surface area contributed by atoms with Crippen LogP contribution in [0.5, 0.6) is 0 Å². The van der Waals surface area contributed by atoms with Crippen molar-refractivity contribution in [3.63, 3.8) is 0 Å². The van der Waals surface area contributed by atoms with E-state index in [0.29, 0.717) is 9.70 Å². The van der Waals surface area contributed by atoms with E-state index in [1.807, 2.05) is 0 Å². The van der Waals surface area contributed by atoms with Crippen molar-refractivity contribution in [2.75, 3.05) is 0 Å². The smallest absolute Gasteiger partial charge is 0.255 e. The van der Waals surface area contributed by atoms with Crippen LogP contribution in [0.3, 0.4) is 0 Å². The molecule has 0 saturated carbocycles. The number of rotatable bonds is 26. The fraction of sp³-hybridized carbons (Fsp3) is 0.964. The predicted octanol–water partition coefficient (Wildman–Crippen LogP) is 10.7. The highest BCUT2D eigenvalue weighted by Crippen LogP contribution is 2.16. The van der Waals surface area contributed by atoms with Gasteiger partial charge in [0.25, 0.3) is 5.91 Å². The summed E-state index contributed by atoms with van der Waals surface area (Å²) in [5, 5.41) is 8.98. The molecule has 0 aromatic rings. The highest BCUT2D eigenvalue weighted by molar-refractivity contribution is 14.1. The molecule has 0 aromatic carbocycles. The van der Waals surface area contributed by atoms with Crippen LogP contribution >= 0.6 is 22.9 Å². The molecule has 0 fully saturated rings. The molecule has 0 aromatic heterocycles. The Bertz CT molecular complexity index is 376. The molecular formula is C28H56INO2. The molecular weight excluding hydrogens is 509 g/mol. The van der Waals surface area contributed by atoms with Crippen LogP contribution in [0, 0.1) is 0 Å². The summed E-state index contributed by atoms with van der Waals surface area (Å²) in [7, 11) is 0. The average Bonchev–Trinajstić information content (AvgIpc) is 2.78. The van der Waals surface area contributed by atoms with E-state index in [0.717, 1.165) is 12.8 Å². The predicted molar refractivity (Wildman–Crippen MR) is 148 cm³/mol. The van der Waals surface area contributed by atoms with E-state index in [1.54, 1.807) is 22.9 Å². The van der Waals surface area contributed by atoms with Gasteiger partial charge in [-0.25, -0.2) is 0 Å². The second-order valence-electron chi connectivity index (χ2n) is 9.89. The summed E-state index contributed by atoms with van der Waals surface area (Å²) in [4.78, 5) is 11.2. The van der Waals surface area contributed by atoms with E-state index in [-0.39, 0.29) is 5.91 Å². The Morgan fingerprint density at radius 1 is 0.500 bits per heavy atom. The molecule has 4 heteroatoms. The molecule has 0 heterocycles. The van der Waals surface area contributed by atoms with Crippen molar-refractivity contribution in [2.45, 2.75) is 174 Å². The van der Waals surface area contributed by atoms with Gasteiger partial charge in [0.05, 0.1) is 22.9 Å². The van der Waals surface area contributed by atoms with Crippen molar-refractivity contribution in [1.29, 1.82) is 0 Å². The first-order chi connectivity index (χ1) is 15.7. The van der Waals surface area contributed by atoms with Crippen molar-refractivity contribution in [3.8, 4) is 0 Å². The summed E-state index contributed by atoms with van der Waals surface area (Å²) >= 11 is 1.62. The average molecular weight is 566 g/mol. The van der Waals surface area contributed by atoms with E-state index >= 15 is 0 Å². The van der Waals surface area contributed by atoms with E-state index in [2.05, 4.69) is 6.92 Å². The molecule has 0 aliphatic carbocycles. The first-order valence-electron chi connectivity index (χ1n) is 14.4. The minimum atomic E-state index is -0.181. The zero-order valence-electron chi connectivity index (χ0n) is 21.6. The Hall–Kier alpha value is 0.160. The summed E-state index contributed by atoms with van der Waals surface area (Å²) in [5.74, 6) is -0.181. The van der Waals surface area contributed by atoms with Gasteiger partial charge in [-0.1, -0.05) is 161 Å². The summed E-state index contributed by atoms with van der Waals surface area (Å²) in [6, 6.07) is 0. The summed E-state index contributed by atoms with van der Waals surface area (Å²) in [5.41, 5.74) is 0. The molecule has 1 amide bonds. The molecule has 1 N–H and O–H groups in total. The standard InChI is InChI=1S/C28H56INO2/c1-2-3-4-5-6-7-8-9-10-11-12-13-14-15-16-17-18-19-20-21-22-23-24-25-26-27-28(31)30(29)32/h32H,2-27H2,1H3. The zero-order chi connectivity index (χ0) is 23.5. The first-order valence-corrected chi connectivity index (χ1v) is 15.3. The highest BCUT2D eigenvalue weighted by Gasteiger charge is 2.05. The molecule has 0 bridgehead atoms. The second kappa shape index (κ2) is 27.4. The van der Waals surface area contributed by atoms with Gasteiger partial charge in [0.15, 0.2) is 0 Å². The molecule has 0 unspecified atom stereocenters. The van der Waals surface area contributed by atoms with Gasteiger partial charge in [-0.05, 0) is 6.42 Å². The molecule has 0 aliphatic rings. The van der Waals surface area contributed by atoms with Crippen LogP contribution in [0.2, 0.25) is 0 Å². The molecule has 0 saturated heterocycles. The molecule has 0 rings (SSSR count). The molecule has 0 spiro atoms. The van der Waals surface area contributed by atoms with Crippen LogP contribution in [0.15, 0.2) is 0 Å². The molecule has 32 heavy (non-hydrogen) atoms. The number of unbranched alkanes of at least 4 members (excludes halogenated alkanes) is 24. The lowest BCUT2D eigenvalue weighted by Gasteiger charge is -2.05. The van der Waals surface area contributed by atoms with Crippen molar-refractivity contribution in [1.82, 2.24) is 3.28 Å². The normalized spacial score (nSPS) is 11.2. The van der Waals surface area contributed by atoms with Crippen LogP contribution in [-0.2, 0) is 4.79 Å². The van der Waals surface area contributed by atoms with Crippen LogP contribution < -0.4 is 0 Å². The molecule has 3 nitrogen and oxygen atoms in total. The Morgan fingerprint density at radius 2 is 0.719 bits per heavy atom. The number of carbonyl (C=O) groups excluding carboxylic acids is 1. The number of hydroxylamine groups is 1. The van der Waals surface area contributed by atoms with Gasteiger partial charge in [-0.2, -0.15) is 3.28 Å². The van der Waals surface area contributed by atoms with Gasteiger partial charge in [0.1, 0.15) is 0 Å². The fourth-order valence-corrected chi connectivity index (χ4v) is 4.75. The number of nitrogens with zero attached hydrogens (tertiary/aromatic N) is 1. The van der Waals surface area contributed by atoms with Crippen molar-refractivity contribution >= 4 is 28.8 Å². The topological polar surface area (TPSA) is 40.5 Å². The van der Waals surface area contributed by atoms with Crippen molar-refractivity contribution in [2.24, 2.45) is 0 Å². The van der Waals surface area contributed by atoms with E-state index in [9.17, 15) is 4.79 Å². The molecule has 0 radical (unpaired) electrons. The second-order valence-corrected chi connectivity index (χ2v) is 10.8. The van der Waals surface area contributed by atoms with Gasteiger partial charge < -0.3 is 0 Å². The monoisotopic (exact) mass is 565 g/mol. The fourth-order valence-electron chi connectivity index (χ4n) is 4.51. The van der Waals surface area contributed by atoms with Crippen LogP contribution in [0.25, 0.3) is 0 Å². The lowest BCUT2D eigenvalue weighted by Crippen LogP contribution is -2.15. The van der Waals surface area contributed by atoms with Crippen LogP contribution in [0.4, 0.5) is 0 Å². The molecule has 0 aliphatic heterocycles. The van der Waals surface area contributed by atoms with E-state index in [1.165, 1.54) is 148 Å². The number of carbonyl (C=O) groups is 1. The minimum absolute atomic E-state index is 0.181. The van der Waals surface area contributed by atoms with E-state index < -0.39 is 0 Å². The Morgan fingerprint density at radius 3 is 0.938 bits per heavy atom. The SMILES string of the molecule is CCCCCCCCCCCCCCCCCCCCCCCCCCCC(=O)N(O)I. The van der Waals surface area contributed by atoms with Gasteiger partial charge in [-0.15, -0.1) is 0 Å². The number of hydrogen-bond donors (Lipinski definition) is 1. The number of amides is 1. The number of halogens is 1. The van der Waals surface area contributed by atoms with Gasteiger partial charge >= 0.3 is 0 Å². The number of hydrogen-bond acceptors (Lipinski definition) is 2. The Balaban J connectivity index is 3.04. The molecule has 0 atom stereocenters. The minimum Gasteiger partial charge on any atom is -0.276 e. The van der Waals surface area contributed by atoms with E-state index in [4.69, 9.17) is 5.21 Å². The summed E-state index contributed by atoms with van der Waals surface area (Å²) in [6.45, 7) is 2.29. The summed E-state index contributed by atoms with van der Waals surface area (Å²) < 4.78 is 0.678. The third-order valence-corrected chi connectivity index (χ3v) is 7.24. The highest BCUT2D eigenvalue weighted by atomic mass is 127. The lowest BCUT2D eigenvalue weighted by molar-refractivity contribution is -0.141. The van der Waals surface area contributed by atoms with Gasteiger partial charge in [-0.3, -0.25) is 10.0 Å². The van der Waals surface area contributed by atoms with Crippen molar-refractivity contribution in [3.05, 3.63) is 0 Å². The van der Waals surface area contributed by atoms with Gasteiger partial charge in [0.2, 0.25) is 0 Å². The quantitative estimate of drug-likeness (QED) is 0.0373. The van der Waals surface area contributed by atoms with Gasteiger partial charge in [0, 0.05) is 6.42 Å². The maximum Gasteiger partial charge on any atom is 0.255 e. The lowest BCUT2D eigenvalue weighted by atomic mass is 10.0. The first kappa shape index (κ1) is 32.2. The largest absolute Gasteiger partial charge is 0.276 e.